The van der Waals surface area contributed by atoms with Crippen LogP contribution < -0.4 is 0 Å². The van der Waals surface area contributed by atoms with Crippen LogP contribution in [0.3, 0.4) is 0 Å². The SMILES string of the molecule is CC.CCc1cnc(C(F)(F)F)c(F)c1. The zero-order valence-corrected chi connectivity index (χ0v) is 8.82. The number of aryl methyl sites for hydroxylation is 1. The van der Waals surface area contributed by atoms with Crippen molar-refractivity contribution in [1.29, 1.82) is 0 Å². The molecule has 0 aromatic carbocycles. The van der Waals surface area contributed by atoms with Crippen LogP contribution in [-0.2, 0) is 12.6 Å². The molecule has 1 nitrogen and oxygen atoms in total. The molecule has 0 bridgehead atoms. The average Bonchev–Trinajstić information content (AvgIpc) is 2.18. The van der Waals surface area contributed by atoms with E-state index in [4.69, 9.17) is 0 Å². The maximum absolute atomic E-state index is 12.8. The van der Waals surface area contributed by atoms with Crippen LogP contribution in [0.25, 0.3) is 0 Å². The van der Waals surface area contributed by atoms with Crippen LogP contribution in [0, 0.1) is 5.82 Å². The summed E-state index contributed by atoms with van der Waals surface area (Å²) in [5, 5.41) is 0. The van der Waals surface area contributed by atoms with Crippen molar-refractivity contribution in [1.82, 2.24) is 4.98 Å². The summed E-state index contributed by atoms with van der Waals surface area (Å²) in [6.45, 7) is 5.71. The highest BCUT2D eigenvalue weighted by Crippen LogP contribution is 2.29. The molecule has 0 atom stereocenters. The molecular weight excluding hydrogens is 210 g/mol. The summed E-state index contributed by atoms with van der Waals surface area (Å²) < 4.78 is 48.7. The average molecular weight is 223 g/mol. The molecule has 86 valence electrons. The maximum atomic E-state index is 12.8. The van der Waals surface area contributed by atoms with Crippen LogP contribution >= 0.6 is 0 Å². The van der Waals surface area contributed by atoms with Gasteiger partial charge in [0.05, 0.1) is 0 Å². The summed E-state index contributed by atoms with van der Waals surface area (Å²) in [6.07, 6.45) is -3.22. The van der Waals surface area contributed by atoms with Crippen LogP contribution in [0.15, 0.2) is 12.3 Å². The summed E-state index contributed by atoms with van der Waals surface area (Å²) in [6, 6.07) is 0.857. The van der Waals surface area contributed by atoms with Gasteiger partial charge in [-0.25, -0.2) is 9.37 Å². The Morgan fingerprint density at radius 2 is 1.80 bits per heavy atom. The smallest absolute Gasteiger partial charge is 0.249 e. The number of nitrogens with zero attached hydrogens (tertiary/aromatic N) is 1. The molecule has 1 aromatic heterocycles. The van der Waals surface area contributed by atoms with Crippen molar-refractivity contribution in [3.63, 3.8) is 0 Å². The lowest BCUT2D eigenvalue weighted by atomic mass is 10.2. The number of hydrogen-bond acceptors (Lipinski definition) is 1. The van der Waals surface area contributed by atoms with E-state index >= 15 is 0 Å². The first-order valence-electron chi connectivity index (χ1n) is 4.66. The summed E-state index contributed by atoms with van der Waals surface area (Å²) in [5.41, 5.74) is -1.00. The lowest BCUT2D eigenvalue weighted by Gasteiger charge is -2.06. The number of hydrogen-bond donors (Lipinski definition) is 0. The van der Waals surface area contributed by atoms with Crippen molar-refractivity contribution < 1.29 is 17.6 Å². The first kappa shape index (κ1) is 13.9. The van der Waals surface area contributed by atoms with E-state index in [0.717, 1.165) is 12.3 Å². The first-order chi connectivity index (χ1) is 6.95. The van der Waals surface area contributed by atoms with Gasteiger partial charge in [0.15, 0.2) is 11.5 Å². The molecule has 0 radical (unpaired) electrons. The second-order valence-corrected chi connectivity index (χ2v) is 2.53. The van der Waals surface area contributed by atoms with E-state index in [0.29, 0.717) is 12.0 Å². The first-order valence-corrected chi connectivity index (χ1v) is 4.66. The highest BCUT2D eigenvalue weighted by molar-refractivity contribution is 5.18. The van der Waals surface area contributed by atoms with Gasteiger partial charge in [0, 0.05) is 6.20 Å². The minimum absolute atomic E-state index is 0.450. The molecule has 0 amide bonds. The van der Waals surface area contributed by atoms with Crippen LogP contribution in [0.4, 0.5) is 17.6 Å². The van der Waals surface area contributed by atoms with Gasteiger partial charge in [-0.2, -0.15) is 13.2 Å². The molecular formula is C10H13F4N. The summed E-state index contributed by atoms with van der Waals surface area (Å²) in [5.74, 6) is -1.31. The van der Waals surface area contributed by atoms with Gasteiger partial charge >= 0.3 is 6.18 Å². The van der Waals surface area contributed by atoms with E-state index in [1.54, 1.807) is 6.92 Å². The molecule has 0 saturated heterocycles. The zero-order valence-electron chi connectivity index (χ0n) is 8.82. The van der Waals surface area contributed by atoms with E-state index in [9.17, 15) is 17.6 Å². The third-order valence-electron chi connectivity index (χ3n) is 1.57. The Hall–Kier alpha value is -1.13. The minimum Gasteiger partial charge on any atom is -0.249 e. The van der Waals surface area contributed by atoms with Crippen LogP contribution in [-0.4, -0.2) is 4.98 Å². The van der Waals surface area contributed by atoms with Gasteiger partial charge in [0.25, 0.3) is 0 Å². The molecule has 15 heavy (non-hydrogen) atoms. The fourth-order valence-corrected chi connectivity index (χ4v) is 0.879. The van der Waals surface area contributed by atoms with Gasteiger partial charge in [0.2, 0.25) is 0 Å². The minimum atomic E-state index is -4.71. The Bertz CT molecular complexity index is 307. The van der Waals surface area contributed by atoms with Gasteiger partial charge in [-0.15, -0.1) is 0 Å². The Morgan fingerprint density at radius 3 is 2.13 bits per heavy atom. The normalized spacial score (nSPS) is 10.6. The Balaban J connectivity index is 0.000000921. The fourth-order valence-electron chi connectivity index (χ4n) is 0.879. The molecule has 1 rings (SSSR count). The second-order valence-electron chi connectivity index (χ2n) is 2.53. The Labute approximate surface area is 86.1 Å². The van der Waals surface area contributed by atoms with Crippen molar-refractivity contribution in [3.05, 3.63) is 29.3 Å². The number of rotatable bonds is 1. The van der Waals surface area contributed by atoms with Crippen molar-refractivity contribution in [2.24, 2.45) is 0 Å². The number of alkyl halides is 3. The van der Waals surface area contributed by atoms with E-state index in [1.165, 1.54) is 0 Å². The molecule has 0 fully saturated rings. The molecule has 0 aliphatic heterocycles. The lowest BCUT2D eigenvalue weighted by Crippen LogP contribution is -2.11. The zero-order chi connectivity index (χ0) is 12.1. The predicted octanol–water partition coefficient (Wildman–Crippen LogP) is 3.83. The summed E-state index contributed by atoms with van der Waals surface area (Å²) in [4.78, 5) is 3.02. The quantitative estimate of drug-likeness (QED) is 0.659. The van der Waals surface area contributed by atoms with Gasteiger partial charge in [-0.3, -0.25) is 0 Å². The van der Waals surface area contributed by atoms with Crippen LogP contribution in [0.2, 0.25) is 0 Å². The fraction of sp³-hybridized carbons (Fsp3) is 0.500. The van der Waals surface area contributed by atoms with E-state index in [-0.39, 0.29) is 0 Å². The highest BCUT2D eigenvalue weighted by atomic mass is 19.4. The highest BCUT2D eigenvalue weighted by Gasteiger charge is 2.35. The monoisotopic (exact) mass is 223 g/mol. The molecule has 0 aliphatic carbocycles. The predicted molar refractivity (Wildman–Crippen MR) is 49.9 cm³/mol. The van der Waals surface area contributed by atoms with E-state index in [2.05, 4.69) is 4.98 Å². The summed E-state index contributed by atoms with van der Waals surface area (Å²) >= 11 is 0. The molecule has 0 saturated carbocycles. The molecule has 5 heteroatoms. The Kier molecular flexibility index (Phi) is 5.25. The van der Waals surface area contributed by atoms with Crippen molar-refractivity contribution >= 4 is 0 Å². The molecule has 1 aromatic rings. The molecule has 0 unspecified atom stereocenters. The largest absolute Gasteiger partial charge is 0.436 e. The van der Waals surface area contributed by atoms with Gasteiger partial charge in [-0.05, 0) is 18.1 Å². The van der Waals surface area contributed by atoms with Crippen LogP contribution in [0.1, 0.15) is 32.0 Å². The second kappa shape index (κ2) is 5.68. The third-order valence-corrected chi connectivity index (χ3v) is 1.57. The van der Waals surface area contributed by atoms with E-state index in [1.807, 2.05) is 13.8 Å². The van der Waals surface area contributed by atoms with Crippen molar-refractivity contribution in [2.75, 3.05) is 0 Å². The van der Waals surface area contributed by atoms with Gasteiger partial charge < -0.3 is 0 Å². The van der Waals surface area contributed by atoms with Gasteiger partial charge in [-0.1, -0.05) is 20.8 Å². The topological polar surface area (TPSA) is 12.9 Å². The molecule has 0 aliphatic rings. The molecule has 0 N–H and O–H groups in total. The van der Waals surface area contributed by atoms with Crippen LogP contribution in [0.5, 0.6) is 0 Å². The molecule has 1 heterocycles. The third kappa shape index (κ3) is 3.85. The maximum Gasteiger partial charge on any atom is 0.436 e. The van der Waals surface area contributed by atoms with E-state index < -0.39 is 17.7 Å². The number of pyridine rings is 1. The number of halogens is 4. The standard InChI is InChI=1S/C8H7F4N.C2H6/c1-2-5-3-6(9)7(13-4-5)8(10,11)12;1-2/h3-4H,2H2,1H3;1-2H3. The van der Waals surface area contributed by atoms with Crippen molar-refractivity contribution in [2.45, 2.75) is 33.4 Å². The number of aromatic nitrogens is 1. The molecule has 0 spiro atoms. The van der Waals surface area contributed by atoms with Gasteiger partial charge in [0.1, 0.15) is 0 Å². The summed E-state index contributed by atoms with van der Waals surface area (Å²) in [7, 11) is 0. The Morgan fingerprint density at radius 1 is 1.27 bits per heavy atom. The van der Waals surface area contributed by atoms with Crippen molar-refractivity contribution in [3.8, 4) is 0 Å². The lowest BCUT2D eigenvalue weighted by molar-refractivity contribution is -0.143.